The van der Waals surface area contributed by atoms with E-state index in [1.807, 2.05) is 0 Å². The highest BCUT2D eigenvalue weighted by Gasteiger charge is 2.40. The van der Waals surface area contributed by atoms with E-state index in [9.17, 15) is 8.42 Å². The molecule has 0 unspecified atom stereocenters. The molecule has 3 rings (SSSR count). The first-order valence-electron chi connectivity index (χ1n) is 7.58. The van der Waals surface area contributed by atoms with Gasteiger partial charge in [-0.3, -0.25) is 0 Å². The summed E-state index contributed by atoms with van der Waals surface area (Å²) in [4.78, 5) is 4.20. The first-order valence-corrected chi connectivity index (χ1v) is 9.02. The summed E-state index contributed by atoms with van der Waals surface area (Å²) in [6.45, 7) is 0.600. The molecule has 1 saturated heterocycles. The van der Waals surface area contributed by atoms with Gasteiger partial charge in [0.25, 0.3) is 0 Å². The van der Waals surface area contributed by atoms with Gasteiger partial charge in [-0.05, 0) is 43.7 Å². The van der Waals surface area contributed by atoms with Crippen LogP contribution in [0.3, 0.4) is 0 Å². The monoisotopic (exact) mass is 310 g/mol. The number of nitrogen functional groups attached to an aromatic ring is 1. The lowest BCUT2D eigenvalue weighted by molar-refractivity contribution is 0.129. The van der Waals surface area contributed by atoms with Gasteiger partial charge in [0.05, 0.1) is 0 Å². The van der Waals surface area contributed by atoms with Crippen molar-refractivity contribution in [3.05, 3.63) is 18.3 Å². The van der Waals surface area contributed by atoms with Gasteiger partial charge in [-0.2, -0.15) is 4.31 Å². The van der Waals surface area contributed by atoms with Gasteiger partial charge in [0.2, 0.25) is 10.0 Å². The number of anilines is 1. The molecule has 1 saturated carbocycles. The summed E-state index contributed by atoms with van der Waals surface area (Å²) < 4.78 is 27.7. The van der Waals surface area contributed by atoms with E-state index in [2.05, 4.69) is 10.4 Å². The first-order chi connectivity index (χ1) is 10.1. The van der Waals surface area contributed by atoms with Gasteiger partial charge in [0.15, 0.2) is 5.82 Å². The molecular weight excluding hydrogens is 288 g/mol. The fraction of sp³-hybridized carbons (Fsp3) is 0.643. The van der Waals surface area contributed by atoms with Gasteiger partial charge in [0, 0.05) is 18.8 Å². The van der Waals surface area contributed by atoms with Crippen molar-refractivity contribution in [1.82, 2.24) is 9.29 Å². The van der Waals surface area contributed by atoms with E-state index in [1.54, 1.807) is 16.4 Å². The molecule has 1 aliphatic carbocycles. The number of nitrogens with zero attached hydrogens (tertiary/aromatic N) is 2. The van der Waals surface area contributed by atoms with Crippen LogP contribution in [0.25, 0.3) is 0 Å². The number of hydrogen-bond donors (Lipinski definition) is 2. The average Bonchev–Trinajstić information content (AvgIpc) is 2.54. The van der Waals surface area contributed by atoms with Crippen LogP contribution >= 0.6 is 0 Å². The summed E-state index contributed by atoms with van der Waals surface area (Å²) in [6, 6.07) is 3.35. The molecule has 6 nitrogen and oxygen atoms in total. The van der Waals surface area contributed by atoms with E-state index < -0.39 is 10.0 Å². The number of piperidine rings is 1. The van der Waals surface area contributed by atoms with Gasteiger partial charge in [-0.25, -0.2) is 19.2 Å². The van der Waals surface area contributed by atoms with Crippen LogP contribution in [0.2, 0.25) is 0 Å². The zero-order valence-corrected chi connectivity index (χ0v) is 12.8. The number of aromatic nitrogens is 1. The topological polar surface area (TPSA) is 88.3 Å². The van der Waals surface area contributed by atoms with E-state index >= 15 is 0 Å². The Hall–Kier alpha value is -1.18. The molecule has 0 amide bonds. The fourth-order valence-electron chi connectivity index (χ4n) is 3.71. The molecule has 0 spiro atoms. The molecule has 0 radical (unpaired) electrons. The Kier molecular flexibility index (Phi) is 4.14. The van der Waals surface area contributed by atoms with Crippen molar-refractivity contribution in [3.8, 4) is 0 Å². The third kappa shape index (κ3) is 2.65. The second-order valence-electron chi connectivity index (χ2n) is 5.86. The maximum Gasteiger partial charge on any atom is 0.247 e. The van der Waals surface area contributed by atoms with Gasteiger partial charge in [-0.1, -0.05) is 12.8 Å². The molecule has 1 aliphatic heterocycles. The van der Waals surface area contributed by atoms with E-state index in [4.69, 9.17) is 5.84 Å². The van der Waals surface area contributed by atoms with Crippen molar-refractivity contribution in [1.29, 1.82) is 0 Å². The molecular formula is C14H22N4O2S. The first kappa shape index (κ1) is 14.7. The Morgan fingerprint density at radius 1 is 1.24 bits per heavy atom. The number of hydrogen-bond acceptors (Lipinski definition) is 5. The van der Waals surface area contributed by atoms with Gasteiger partial charge < -0.3 is 5.43 Å². The number of rotatable bonds is 3. The summed E-state index contributed by atoms with van der Waals surface area (Å²) in [5, 5.41) is 0. The molecule has 3 N–H and O–H groups in total. The number of fused-ring (bicyclic) bond motifs is 1. The predicted octanol–water partition coefficient (Wildman–Crippen LogP) is 1.71. The zero-order chi connectivity index (χ0) is 14.9. The molecule has 2 aliphatic rings. The Balaban J connectivity index is 1.96. The molecule has 1 aromatic heterocycles. The Morgan fingerprint density at radius 3 is 2.81 bits per heavy atom. The predicted molar refractivity (Wildman–Crippen MR) is 80.9 cm³/mol. The van der Waals surface area contributed by atoms with Crippen molar-refractivity contribution >= 4 is 15.8 Å². The van der Waals surface area contributed by atoms with E-state index in [0.717, 1.165) is 32.1 Å². The maximum absolute atomic E-state index is 13.0. The largest absolute Gasteiger partial charge is 0.307 e. The third-order valence-corrected chi connectivity index (χ3v) is 6.64. The highest BCUT2D eigenvalue weighted by Crippen LogP contribution is 2.38. The second kappa shape index (κ2) is 5.90. The van der Waals surface area contributed by atoms with Crippen LogP contribution in [0.5, 0.6) is 0 Å². The standard InChI is InChI=1S/C14H22N4O2S/c15-17-14-13(8-3-9-16-14)21(19,20)18-10-4-6-11-5-1-2-7-12(11)18/h3,8-9,11-12H,1-2,4-7,10,15H2,(H,16,17)/t11-,12-/m1/s1. The maximum atomic E-state index is 13.0. The average molecular weight is 310 g/mol. The minimum absolute atomic E-state index is 0.142. The minimum atomic E-state index is -3.55. The molecule has 2 fully saturated rings. The van der Waals surface area contributed by atoms with Gasteiger partial charge in [0.1, 0.15) is 4.90 Å². The number of sulfonamides is 1. The SMILES string of the molecule is NNc1ncccc1S(=O)(=O)N1CCC[C@H]2CCCC[C@H]21. The van der Waals surface area contributed by atoms with Gasteiger partial charge in [-0.15, -0.1) is 0 Å². The number of nitrogens with two attached hydrogens (primary N) is 1. The quantitative estimate of drug-likeness (QED) is 0.655. The Labute approximate surface area is 125 Å². The molecule has 1 aromatic rings. The van der Waals surface area contributed by atoms with Crippen molar-refractivity contribution in [2.75, 3.05) is 12.0 Å². The summed E-state index contributed by atoms with van der Waals surface area (Å²) in [5.74, 6) is 6.14. The summed E-state index contributed by atoms with van der Waals surface area (Å²) in [6.07, 6.45) is 8.06. The fourth-order valence-corrected chi connectivity index (χ4v) is 5.57. The van der Waals surface area contributed by atoms with Crippen LogP contribution < -0.4 is 11.3 Å². The lowest BCUT2D eigenvalue weighted by Gasteiger charge is -2.43. The lowest BCUT2D eigenvalue weighted by Crippen LogP contribution is -2.49. The molecule has 7 heteroatoms. The molecule has 21 heavy (non-hydrogen) atoms. The van der Waals surface area contributed by atoms with Crippen molar-refractivity contribution in [2.24, 2.45) is 11.8 Å². The van der Waals surface area contributed by atoms with Crippen LogP contribution in [0.4, 0.5) is 5.82 Å². The number of pyridine rings is 1. The van der Waals surface area contributed by atoms with Crippen molar-refractivity contribution in [2.45, 2.75) is 49.5 Å². The number of hydrazine groups is 1. The van der Waals surface area contributed by atoms with E-state index in [0.29, 0.717) is 12.5 Å². The normalized spacial score (nSPS) is 27.1. The highest BCUT2D eigenvalue weighted by atomic mass is 32.2. The Bertz CT molecular complexity index is 603. The Morgan fingerprint density at radius 2 is 2.00 bits per heavy atom. The molecule has 116 valence electrons. The molecule has 2 atom stereocenters. The number of nitrogens with one attached hydrogen (secondary N) is 1. The smallest absolute Gasteiger partial charge is 0.247 e. The second-order valence-corrected chi connectivity index (χ2v) is 7.72. The summed E-state index contributed by atoms with van der Waals surface area (Å²) >= 11 is 0. The van der Waals surface area contributed by atoms with Crippen LogP contribution in [-0.2, 0) is 10.0 Å². The highest BCUT2D eigenvalue weighted by molar-refractivity contribution is 7.89. The van der Waals surface area contributed by atoms with Crippen LogP contribution in [0.1, 0.15) is 38.5 Å². The van der Waals surface area contributed by atoms with E-state index in [-0.39, 0.29) is 16.8 Å². The molecule has 2 heterocycles. The van der Waals surface area contributed by atoms with E-state index in [1.165, 1.54) is 12.6 Å². The molecule has 0 bridgehead atoms. The van der Waals surface area contributed by atoms with Crippen LogP contribution in [0, 0.1) is 5.92 Å². The van der Waals surface area contributed by atoms with Gasteiger partial charge >= 0.3 is 0 Å². The van der Waals surface area contributed by atoms with Crippen molar-refractivity contribution < 1.29 is 8.42 Å². The van der Waals surface area contributed by atoms with Crippen molar-refractivity contribution in [3.63, 3.8) is 0 Å². The lowest BCUT2D eigenvalue weighted by atomic mass is 9.79. The summed E-state index contributed by atoms with van der Waals surface area (Å²) in [7, 11) is -3.55. The minimum Gasteiger partial charge on any atom is -0.307 e. The molecule has 0 aromatic carbocycles. The van der Waals surface area contributed by atoms with Crippen LogP contribution in [0.15, 0.2) is 23.2 Å². The zero-order valence-electron chi connectivity index (χ0n) is 12.0. The third-order valence-electron chi connectivity index (χ3n) is 4.69. The van der Waals surface area contributed by atoms with Crippen LogP contribution in [-0.4, -0.2) is 30.3 Å². The summed E-state index contributed by atoms with van der Waals surface area (Å²) in [5.41, 5.74) is 2.40.